The van der Waals surface area contributed by atoms with Crippen LogP contribution in [0.15, 0.2) is 100 Å². The van der Waals surface area contributed by atoms with Crippen molar-refractivity contribution in [2.24, 2.45) is 0 Å². The molecule has 0 amide bonds. The van der Waals surface area contributed by atoms with Crippen LogP contribution < -0.4 is 30.5 Å². The first-order valence-corrected chi connectivity index (χ1v) is 12.7. The van der Waals surface area contributed by atoms with Gasteiger partial charge in [0.2, 0.25) is 0 Å². The molecule has 0 aromatic heterocycles. The SMILES string of the molecule is C1=CC[C]([Hf+2][CH]2c3ccccc3-c3ccccc32)=C1.[Cl-].[Cl-].[N]c1ccccc1. The number of benzene rings is 3. The molecule has 0 heterocycles. The number of rotatable bonds is 2. The molecule has 0 bridgehead atoms. The normalized spacial score (nSPS) is 12.9. The van der Waals surface area contributed by atoms with Crippen molar-refractivity contribution in [2.75, 3.05) is 0 Å². The van der Waals surface area contributed by atoms with Crippen LogP contribution in [0.3, 0.4) is 0 Å². The van der Waals surface area contributed by atoms with Crippen LogP contribution in [0.5, 0.6) is 0 Å². The van der Waals surface area contributed by atoms with Gasteiger partial charge in [-0.2, -0.15) is 5.73 Å². The number of hydrogen-bond acceptors (Lipinski definition) is 0. The average Bonchev–Trinajstić information content (AvgIpc) is 3.31. The van der Waals surface area contributed by atoms with Gasteiger partial charge >= 0.3 is 125 Å². The predicted octanol–water partition coefficient (Wildman–Crippen LogP) is 0.0775. The van der Waals surface area contributed by atoms with Gasteiger partial charge in [0.1, 0.15) is 0 Å². The summed E-state index contributed by atoms with van der Waals surface area (Å²) in [5, 5.41) is 0. The summed E-state index contributed by atoms with van der Waals surface area (Å²) < 4.78 is 2.48. The third-order valence-electron chi connectivity index (χ3n) is 4.69. The van der Waals surface area contributed by atoms with Gasteiger partial charge in [0.25, 0.3) is 0 Å². The summed E-state index contributed by atoms with van der Waals surface area (Å²) in [6, 6.07) is 26.7. The Morgan fingerprint density at radius 1 is 0.714 bits per heavy atom. The Bertz CT molecular complexity index is 922. The fraction of sp³-hybridized carbons (Fsp3) is 0.0833. The summed E-state index contributed by atoms with van der Waals surface area (Å²) in [6.07, 6.45) is 8.11. The molecule has 0 aliphatic heterocycles. The van der Waals surface area contributed by atoms with Crippen molar-refractivity contribution in [3.8, 4) is 11.1 Å². The van der Waals surface area contributed by atoms with Gasteiger partial charge in [-0.25, -0.2) is 0 Å². The molecule has 2 aliphatic carbocycles. The summed E-state index contributed by atoms with van der Waals surface area (Å²) in [5.74, 6) is 0. The molecule has 0 atom stereocenters. The summed E-state index contributed by atoms with van der Waals surface area (Å²) in [6.45, 7) is 0. The molecule has 138 valence electrons. The van der Waals surface area contributed by atoms with Crippen molar-refractivity contribution in [1.82, 2.24) is 5.73 Å². The van der Waals surface area contributed by atoms with Crippen molar-refractivity contribution >= 4 is 5.69 Å². The van der Waals surface area contributed by atoms with Crippen LogP contribution in [0.4, 0.5) is 5.69 Å². The van der Waals surface area contributed by atoms with Crippen molar-refractivity contribution in [1.29, 1.82) is 0 Å². The van der Waals surface area contributed by atoms with E-state index in [-0.39, 0.29) is 24.8 Å². The monoisotopic (exact) mass is 571 g/mol. The van der Waals surface area contributed by atoms with Gasteiger partial charge < -0.3 is 24.8 Å². The second-order valence-corrected chi connectivity index (χ2v) is 11.8. The quantitative estimate of drug-likeness (QED) is 0.390. The van der Waals surface area contributed by atoms with Gasteiger partial charge in [0, 0.05) is 0 Å². The first kappa shape index (κ1) is 22.7. The van der Waals surface area contributed by atoms with E-state index in [4.69, 9.17) is 5.73 Å². The fourth-order valence-corrected chi connectivity index (χ4v) is 9.28. The Labute approximate surface area is 190 Å². The Kier molecular flexibility index (Phi) is 8.75. The third-order valence-corrected chi connectivity index (χ3v) is 10.6. The molecule has 4 heteroatoms. The van der Waals surface area contributed by atoms with E-state index >= 15 is 0 Å². The van der Waals surface area contributed by atoms with Crippen molar-refractivity contribution in [2.45, 2.75) is 10.1 Å². The van der Waals surface area contributed by atoms with E-state index in [9.17, 15) is 0 Å². The zero-order valence-corrected chi connectivity index (χ0v) is 20.3. The van der Waals surface area contributed by atoms with Crippen molar-refractivity contribution in [3.63, 3.8) is 0 Å². The summed E-state index contributed by atoms with van der Waals surface area (Å²) in [7, 11) is 0. The predicted molar refractivity (Wildman–Crippen MR) is 104 cm³/mol. The Balaban J connectivity index is 0.000000269. The standard InChI is InChI=1S/C13H9.C6H5N.C5H5.2ClH.Hf/c1-3-7-12-10(5-1)9-11-6-2-4-8-13(11)12;7-6-4-2-1-3-5-6;1-2-4-5-3-1;;;/h1-9H;1-5H;1-3H,4H2;2*1H;/q;;;;;+2/p-2. The van der Waals surface area contributed by atoms with Gasteiger partial charge in [-0.05, 0) is 12.1 Å². The van der Waals surface area contributed by atoms with Crippen molar-refractivity contribution in [3.05, 3.63) is 112 Å². The molecule has 5 rings (SSSR count). The Hall–Kier alpha value is -1.61. The maximum atomic E-state index is 8.63. The second-order valence-electron chi connectivity index (χ2n) is 6.41. The van der Waals surface area contributed by atoms with E-state index in [1.807, 2.05) is 6.07 Å². The van der Waals surface area contributed by atoms with E-state index in [1.165, 1.54) is 17.5 Å². The number of hydrogen-bond donors (Lipinski definition) is 0. The summed E-state index contributed by atoms with van der Waals surface area (Å²) >= 11 is -0.818. The van der Waals surface area contributed by atoms with Gasteiger partial charge in [0.05, 0.1) is 5.69 Å². The van der Waals surface area contributed by atoms with Gasteiger partial charge in [0.15, 0.2) is 0 Å². The molecule has 0 unspecified atom stereocenters. The minimum absolute atomic E-state index is 0. The van der Waals surface area contributed by atoms with E-state index in [0.717, 1.165) is 3.67 Å². The number of allylic oxidation sites excluding steroid dienone is 4. The molecule has 0 saturated heterocycles. The van der Waals surface area contributed by atoms with Crippen molar-refractivity contribution < 1.29 is 47.7 Å². The molecule has 3 aromatic carbocycles. The molecular formula is C24H19Cl2HfN. The molecule has 0 N–H and O–H groups in total. The fourth-order valence-electron chi connectivity index (χ4n) is 3.48. The maximum absolute atomic E-state index is 8.63. The number of fused-ring (bicyclic) bond motifs is 3. The third kappa shape index (κ3) is 5.05. The van der Waals surface area contributed by atoms with Gasteiger partial charge in [-0.3, -0.25) is 0 Å². The average molecular weight is 571 g/mol. The zero-order chi connectivity index (χ0) is 17.8. The van der Waals surface area contributed by atoms with Crippen LogP contribution in [-0.4, -0.2) is 0 Å². The van der Waals surface area contributed by atoms with Gasteiger partial charge in [-0.1, -0.05) is 18.2 Å². The minimum atomic E-state index is -0.818. The van der Waals surface area contributed by atoms with Crippen LogP contribution in [0, 0.1) is 0 Å². The number of halogens is 2. The second kappa shape index (κ2) is 10.8. The molecule has 2 radical (unpaired) electrons. The molecule has 3 aromatic rings. The van der Waals surface area contributed by atoms with Gasteiger partial charge in [-0.15, -0.1) is 0 Å². The summed E-state index contributed by atoms with van der Waals surface area (Å²) in [4.78, 5) is 0. The van der Waals surface area contributed by atoms with Crippen LogP contribution in [0.1, 0.15) is 21.2 Å². The minimum Gasteiger partial charge on any atom is -1.00 e. The van der Waals surface area contributed by atoms with Crippen LogP contribution in [0.25, 0.3) is 11.1 Å². The molecule has 0 saturated carbocycles. The first-order valence-electron chi connectivity index (χ1n) is 8.87. The maximum Gasteiger partial charge on any atom is 0.0857 e. The molecule has 2 aliphatic rings. The van der Waals surface area contributed by atoms with Crippen LogP contribution in [0.2, 0.25) is 0 Å². The Morgan fingerprint density at radius 3 is 1.71 bits per heavy atom. The smallest absolute Gasteiger partial charge is 0.0857 e. The largest absolute Gasteiger partial charge is 1.00 e. The first-order chi connectivity index (χ1) is 12.8. The number of nitrogens with zero attached hydrogens (tertiary/aromatic N) is 1. The molecule has 28 heavy (non-hydrogen) atoms. The molecule has 0 fully saturated rings. The van der Waals surface area contributed by atoms with E-state index < -0.39 is 22.9 Å². The van der Waals surface area contributed by atoms with Crippen LogP contribution in [-0.2, 0) is 22.9 Å². The van der Waals surface area contributed by atoms with E-state index in [0.29, 0.717) is 5.69 Å². The Morgan fingerprint density at radius 2 is 1.25 bits per heavy atom. The topological polar surface area (TPSA) is 22.3 Å². The zero-order valence-electron chi connectivity index (χ0n) is 15.2. The van der Waals surface area contributed by atoms with E-state index in [2.05, 4.69) is 66.8 Å². The molecular weight excluding hydrogens is 552 g/mol. The summed E-state index contributed by atoms with van der Waals surface area (Å²) in [5.41, 5.74) is 15.1. The van der Waals surface area contributed by atoms with E-state index in [1.54, 1.807) is 38.7 Å². The van der Waals surface area contributed by atoms with Crippen LogP contribution >= 0.6 is 0 Å². The molecule has 1 nitrogen and oxygen atoms in total. The molecule has 0 spiro atoms.